The van der Waals surface area contributed by atoms with Gasteiger partial charge in [0, 0.05) is 0 Å². The number of hydrogen-bond acceptors (Lipinski definition) is 3. The monoisotopic (exact) mass is 252 g/mol. The van der Waals surface area contributed by atoms with E-state index in [0.29, 0.717) is 11.5 Å². The second kappa shape index (κ2) is 4.86. The summed E-state index contributed by atoms with van der Waals surface area (Å²) in [5.74, 6) is 1.52. The van der Waals surface area contributed by atoms with E-state index in [2.05, 4.69) is 5.10 Å². The van der Waals surface area contributed by atoms with Gasteiger partial charge in [-0.3, -0.25) is 0 Å². The van der Waals surface area contributed by atoms with Gasteiger partial charge in [0.1, 0.15) is 11.5 Å². The SMILES string of the molecule is Oc1ccc(Oc2cnn(-c3ccccc3)c2)cc1. The molecule has 1 heterocycles. The molecule has 19 heavy (non-hydrogen) atoms. The molecule has 0 unspecified atom stereocenters. The lowest BCUT2D eigenvalue weighted by molar-refractivity contribution is 0.464. The molecule has 0 bridgehead atoms. The number of phenolic OH excluding ortho intramolecular Hbond substituents is 1. The number of phenols is 1. The van der Waals surface area contributed by atoms with Crippen LogP contribution in [-0.2, 0) is 0 Å². The summed E-state index contributed by atoms with van der Waals surface area (Å²) in [6, 6.07) is 16.4. The van der Waals surface area contributed by atoms with Crippen LogP contribution in [0.3, 0.4) is 0 Å². The van der Waals surface area contributed by atoms with E-state index in [0.717, 1.165) is 5.69 Å². The average molecular weight is 252 g/mol. The number of para-hydroxylation sites is 1. The van der Waals surface area contributed by atoms with Crippen molar-refractivity contribution >= 4 is 0 Å². The molecule has 3 rings (SSSR count). The Kier molecular flexibility index (Phi) is 2.90. The second-order valence-electron chi connectivity index (χ2n) is 4.05. The molecule has 0 atom stereocenters. The molecule has 0 aliphatic rings. The highest BCUT2D eigenvalue weighted by Gasteiger charge is 2.02. The van der Waals surface area contributed by atoms with Crippen LogP contribution in [0.1, 0.15) is 0 Å². The Bertz CT molecular complexity index is 660. The first-order chi connectivity index (χ1) is 9.31. The van der Waals surface area contributed by atoms with E-state index in [1.807, 2.05) is 36.5 Å². The molecule has 0 aliphatic heterocycles. The standard InChI is InChI=1S/C15H12N2O2/c18-13-6-8-14(9-7-13)19-15-10-16-17(11-15)12-4-2-1-3-5-12/h1-11,18H. The van der Waals surface area contributed by atoms with Gasteiger partial charge in [-0.05, 0) is 36.4 Å². The highest BCUT2D eigenvalue weighted by molar-refractivity contribution is 5.35. The molecule has 0 saturated carbocycles. The van der Waals surface area contributed by atoms with Crippen LogP contribution in [0.25, 0.3) is 5.69 Å². The molecular weight excluding hydrogens is 240 g/mol. The number of benzene rings is 2. The summed E-state index contributed by atoms with van der Waals surface area (Å²) in [5.41, 5.74) is 0.975. The molecule has 3 aromatic rings. The summed E-state index contributed by atoms with van der Waals surface area (Å²) in [6.45, 7) is 0. The quantitative estimate of drug-likeness (QED) is 0.777. The fraction of sp³-hybridized carbons (Fsp3) is 0. The van der Waals surface area contributed by atoms with Crippen LogP contribution >= 0.6 is 0 Å². The molecule has 1 aromatic heterocycles. The second-order valence-corrected chi connectivity index (χ2v) is 4.05. The molecule has 2 aromatic carbocycles. The van der Waals surface area contributed by atoms with Crippen molar-refractivity contribution < 1.29 is 9.84 Å². The number of aromatic nitrogens is 2. The largest absolute Gasteiger partial charge is 0.508 e. The Morgan fingerprint density at radius 3 is 2.37 bits per heavy atom. The fourth-order valence-corrected chi connectivity index (χ4v) is 1.73. The highest BCUT2D eigenvalue weighted by atomic mass is 16.5. The average Bonchev–Trinajstić information content (AvgIpc) is 2.91. The maximum atomic E-state index is 9.20. The molecule has 0 amide bonds. The molecule has 0 fully saturated rings. The highest BCUT2D eigenvalue weighted by Crippen LogP contribution is 2.23. The van der Waals surface area contributed by atoms with Gasteiger partial charge in [0.15, 0.2) is 5.75 Å². The number of ether oxygens (including phenoxy) is 1. The Morgan fingerprint density at radius 2 is 1.63 bits per heavy atom. The van der Waals surface area contributed by atoms with Crippen LogP contribution in [-0.4, -0.2) is 14.9 Å². The minimum atomic E-state index is 0.215. The van der Waals surface area contributed by atoms with Gasteiger partial charge in [0.05, 0.1) is 18.1 Å². The summed E-state index contributed by atoms with van der Waals surface area (Å²) in [5, 5.41) is 13.4. The fourth-order valence-electron chi connectivity index (χ4n) is 1.73. The third-order valence-corrected chi connectivity index (χ3v) is 2.65. The normalized spacial score (nSPS) is 10.3. The van der Waals surface area contributed by atoms with E-state index in [4.69, 9.17) is 4.74 Å². The van der Waals surface area contributed by atoms with Gasteiger partial charge in [-0.15, -0.1) is 0 Å². The summed E-state index contributed by atoms with van der Waals surface area (Å²) in [7, 11) is 0. The molecule has 0 spiro atoms. The van der Waals surface area contributed by atoms with Crippen molar-refractivity contribution in [3.63, 3.8) is 0 Å². The molecule has 4 heteroatoms. The van der Waals surface area contributed by atoms with Gasteiger partial charge in [0.2, 0.25) is 0 Å². The third-order valence-electron chi connectivity index (χ3n) is 2.65. The summed E-state index contributed by atoms with van der Waals surface area (Å²) in [6.07, 6.45) is 3.46. The number of rotatable bonds is 3. The van der Waals surface area contributed by atoms with Crippen molar-refractivity contribution in [1.29, 1.82) is 0 Å². The number of aromatic hydroxyl groups is 1. The summed E-state index contributed by atoms with van der Waals surface area (Å²) < 4.78 is 7.39. The van der Waals surface area contributed by atoms with E-state index in [1.54, 1.807) is 35.1 Å². The van der Waals surface area contributed by atoms with E-state index in [9.17, 15) is 5.11 Å². The van der Waals surface area contributed by atoms with Crippen LogP contribution in [0.4, 0.5) is 0 Å². The van der Waals surface area contributed by atoms with Gasteiger partial charge < -0.3 is 9.84 Å². The first-order valence-electron chi connectivity index (χ1n) is 5.88. The lowest BCUT2D eigenvalue weighted by Crippen LogP contribution is -1.92. The predicted octanol–water partition coefficient (Wildman–Crippen LogP) is 3.37. The number of nitrogens with zero attached hydrogens (tertiary/aromatic N) is 2. The van der Waals surface area contributed by atoms with Crippen molar-refractivity contribution in [2.45, 2.75) is 0 Å². The first-order valence-corrected chi connectivity index (χ1v) is 5.88. The Balaban J connectivity index is 1.80. The van der Waals surface area contributed by atoms with E-state index in [-0.39, 0.29) is 5.75 Å². The van der Waals surface area contributed by atoms with Crippen molar-refractivity contribution in [2.24, 2.45) is 0 Å². The molecule has 0 aliphatic carbocycles. The molecule has 94 valence electrons. The van der Waals surface area contributed by atoms with Crippen LogP contribution in [0.2, 0.25) is 0 Å². The molecule has 4 nitrogen and oxygen atoms in total. The minimum Gasteiger partial charge on any atom is -0.508 e. The Hall–Kier alpha value is -2.75. The predicted molar refractivity (Wildman–Crippen MR) is 71.7 cm³/mol. The smallest absolute Gasteiger partial charge is 0.165 e. The molecule has 0 radical (unpaired) electrons. The van der Waals surface area contributed by atoms with Crippen molar-refractivity contribution in [3.05, 3.63) is 67.0 Å². The van der Waals surface area contributed by atoms with Crippen molar-refractivity contribution in [3.8, 4) is 22.9 Å². The Labute approximate surface area is 110 Å². The van der Waals surface area contributed by atoms with E-state index >= 15 is 0 Å². The third kappa shape index (κ3) is 2.57. The summed E-state index contributed by atoms with van der Waals surface area (Å²) >= 11 is 0. The van der Waals surface area contributed by atoms with Crippen LogP contribution in [0, 0.1) is 0 Å². The lowest BCUT2D eigenvalue weighted by Gasteiger charge is -2.02. The van der Waals surface area contributed by atoms with Crippen molar-refractivity contribution in [2.75, 3.05) is 0 Å². The van der Waals surface area contributed by atoms with Gasteiger partial charge >= 0.3 is 0 Å². The van der Waals surface area contributed by atoms with Gasteiger partial charge in [-0.2, -0.15) is 5.10 Å². The maximum Gasteiger partial charge on any atom is 0.165 e. The van der Waals surface area contributed by atoms with Crippen LogP contribution in [0.5, 0.6) is 17.2 Å². The zero-order chi connectivity index (χ0) is 13.1. The maximum absolute atomic E-state index is 9.20. The number of hydrogen-bond donors (Lipinski definition) is 1. The van der Waals surface area contributed by atoms with Crippen molar-refractivity contribution in [1.82, 2.24) is 9.78 Å². The minimum absolute atomic E-state index is 0.215. The summed E-state index contributed by atoms with van der Waals surface area (Å²) in [4.78, 5) is 0. The van der Waals surface area contributed by atoms with Gasteiger partial charge in [-0.25, -0.2) is 4.68 Å². The Morgan fingerprint density at radius 1 is 0.895 bits per heavy atom. The van der Waals surface area contributed by atoms with Gasteiger partial charge in [-0.1, -0.05) is 18.2 Å². The van der Waals surface area contributed by atoms with E-state index in [1.165, 1.54) is 0 Å². The zero-order valence-corrected chi connectivity index (χ0v) is 10.1. The lowest BCUT2D eigenvalue weighted by atomic mass is 10.3. The molecule has 1 N–H and O–H groups in total. The van der Waals surface area contributed by atoms with Crippen LogP contribution < -0.4 is 4.74 Å². The van der Waals surface area contributed by atoms with Crippen LogP contribution in [0.15, 0.2) is 67.0 Å². The first kappa shape index (κ1) is 11.3. The molecule has 0 saturated heterocycles. The zero-order valence-electron chi connectivity index (χ0n) is 10.1. The van der Waals surface area contributed by atoms with E-state index < -0.39 is 0 Å². The molecular formula is C15H12N2O2. The van der Waals surface area contributed by atoms with Gasteiger partial charge in [0.25, 0.3) is 0 Å². The topological polar surface area (TPSA) is 47.3 Å².